The Bertz CT molecular complexity index is 396. The van der Waals surface area contributed by atoms with E-state index in [1.807, 2.05) is 0 Å². The molecule has 0 amide bonds. The Morgan fingerprint density at radius 1 is 0.514 bits per heavy atom. The first-order chi connectivity index (χ1) is 10.7. The lowest BCUT2D eigenvalue weighted by Gasteiger charge is -2.36. The summed E-state index contributed by atoms with van der Waals surface area (Å²) in [5.74, 6) is 0. The lowest BCUT2D eigenvalue weighted by atomic mass is 11.3. The topological polar surface area (TPSA) is 27.7 Å². The highest BCUT2D eigenvalue weighted by atomic mass is 32.1. The van der Waals surface area contributed by atoms with Crippen LogP contribution in [0.5, 0.6) is 0 Å². The van der Waals surface area contributed by atoms with E-state index < -0.39 is 25.4 Å². The first-order valence-corrected chi connectivity index (χ1v) is 19.4. The van der Waals surface area contributed by atoms with E-state index in [4.69, 9.17) is 12.3 Å². The van der Waals surface area contributed by atoms with E-state index >= 15 is 0 Å². The number of rotatable bonds is 6. The summed E-state index contributed by atoms with van der Waals surface area (Å²) in [4.78, 5) is 0. The van der Waals surface area contributed by atoms with Crippen LogP contribution in [0.25, 0.3) is 0 Å². The summed E-state index contributed by atoms with van der Waals surface area (Å²) in [5, 5.41) is 6.25. The molecule has 0 atom stereocenters. The van der Waals surface area contributed by atoms with Crippen LogP contribution in [-0.4, -0.2) is 50.3 Å². The third kappa shape index (κ3) is 134. The van der Waals surface area contributed by atoms with Crippen LogP contribution in [-0.2, 0) is 12.3 Å². The van der Waals surface area contributed by atoms with E-state index in [9.17, 15) is 0 Å². The van der Waals surface area contributed by atoms with Gasteiger partial charge in [0.05, 0.1) is 0 Å². The second kappa shape index (κ2) is 59.5. The van der Waals surface area contributed by atoms with Crippen molar-refractivity contribution in [3.05, 3.63) is 19.7 Å². The van der Waals surface area contributed by atoms with Crippen LogP contribution >= 0.6 is 36.7 Å². The van der Waals surface area contributed by atoms with Gasteiger partial charge in [0.25, 0.3) is 0 Å². The van der Waals surface area contributed by atoms with Gasteiger partial charge in [-0.1, -0.05) is 103 Å². The average molecular weight is 633 g/mol. The molecule has 35 heavy (non-hydrogen) atoms. The van der Waals surface area contributed by atoms with Crippen molar-refractivity contribution in [2.75, 3.05) is 0 Å². The van der Waals surface area contributed by atoms with Gasteiger partial charge in [0.15, 0.2) is 8.32 Å². The summed E-state index contributed by atoms with van der Waals surface area (Å²) in [5.41, 5.74) is 0. The van der Waals surface area contributed by atoms with Crippen LogP contribution in [0.3, 0.4) is 0 Å². The molecule has 228 valence electrons. The molecule has 0 heterocycles. The van der Waals surface area contributed by atoms with Crippen LogP contribution in [0.4, 0.5) is 0 Å². The van der Waals surface area contributed by atoms with Crippen LogP contribution in [0.1, 0.15) is 81.7 Å². The van der Waals surface area contributed by atoms with E-state index in [1.165, 1.54) is 0 Å². The molecule has 0 unspecified atom stereocenters. The van der Waals surface area contributed by atoms with E-state index in [0.29, 0.717) is 0 Å². The minimum absolute atomic E-state index is 0. The SMILES string of the molecule is C.C.C.C.C.C.C.C.C.C.C.C=C=S.C=C=S.C=C=S.C[SiH2]O[Si](C)(C)O[Si](C)(C)O[Si](C)(C)C. The average Bonchev–Trinajstić information content (AvgIpc) is 2.25. The molecule has 0 aromatic carbocycles. The minimum Gasteiger partial charge on any atom is -0.442 e. The second-order valence-electron chi connectivity index (χ2n) is 5.98. The standard InChI is InChI=1S/C8H26O3Si4.3C2H2S.11CH4/c1-12-9-14(5,6)11-15(7,8)10-13(2,3)4;3*1-2-3;;;;;;;;;;;/h12H2,1-8H3;3*1H2;11*1H4. The number of hydrogen-bond acceptors (Lipinski definition) is 6. The summed E-state index contributed by atoms with van der Waals surface area (Å²) in [7, 11) is -5.80. The molecule has 10 heteroatoms. The molecule has 0 bridgehead atoms. The zero-order valence-electron chi connectivity index (χ0n) is 16.3. The molecule has 0 aromatic heterocycles. The zero-order chi connectivity index (χ0) is 20.4. The van der Waals surface area contributed by atoms with Crippen LogP contribution in [0.2, 0.25) is 52.4 Å². The Kier molecular flexibility index (Phi) is 171. The molecule has 0 aliphatic rings. The molecule has 0 radical (unpaired) electrons. The van der Waals surface area contributed by atoms with Crippen molar-refractivity contribution in [3.8, 4) is 0 Å². The Morgan fingerprint density at radius 2 is 0.714 bits per heavy atom. The van der Waals surface area contributed by atoms with Crippen molar-refractivity contribution in [1.29, 1.82) is 0 Å². The Hall–Kier alpha value is 0.358. The quantitative estimate of drug-likeness (QED) is 0.214. The second-order valence-corrected chi connectivity index (χ2v) is 20.0. The van der Waals surface area contributed by atoms with Gasteiger partial charge in [-0.2, -0.15) is 0 Å². The fourth-order valence-electron chi connectivity index (χ4n) is 1.73. The molecular formula is C25H76O3S3Si4. The molecule has 0 spiro atoms. The van der Waals surface area contributed by atoms with Gasteiger partial charge in [-0.3, -0.25) is 0 Å². The summed E-state index contributed by atoms with van der Waals surface area (Å²) in [6.07, 6.45) is 0. The van der Waals surface area contributed by atoms with Crippen molar-refractivity contribution >= 4 is 86.9 Å². The predicted molar refractivity (Wildman–Crippen MR) is 205 cm³/mol. The maximum absolute atomic E-state index is 6.14. The van der Waals surface area contributed by atoms with Crippen LogP contribution < -0.4 is 0 Å². The Balaban J connectivity index is -0.0000000137. The third-order valence-corrected chi connectivity index (χ3v) is 13.8. The molecule has 0 N–H and O–H groups in total. The molecular weight excluding hydrogens is 557 g/mol. The Morgan fingerprint density at radius 3 is 0.857 bits per heavy atom. The van der Waals surface area contributed by atoms with E-state index in [1.54, 1.807) is 0 Å². The molecule has 0 aliphatic carbocycles. The van der Waals surface area contributed by atoms with Crippen molar-refractivity contribution < 1.29 is 12.3 Å². The first kappa shape index (κ1) is 101. The fraction of sp³-hybridized carbons (Fsp3) is 0.760. The number of thiocarbonyl (C=S) groups is 3. The lowest BCUT2D eigenvalue weighted by Crippen LogP contribution is -2.52. The van der Waals surface area contributed by atoms with E-state index in [-0.39, 0.29) is 91.5 Å². The van der Waals surface area contributed by atoms with Gasteiger partial charge < -0.3 is 12.3 Å². The van der Waals surface area contributed by atoms with E-state index in [0.717, 1.165) is 0 Å². The first-order valence-electron chi connectivity index (χ1n) is 7.19. The van der Waals surface area contributed by atoms with Crippen molar-refractivity contribution in [2.45, 2.75) is 134 Å². The maximum Gasteiger partial charge on any atom is 0.312 e. The fourth-order valence-corrected chi connectivity index (χ4v) is 16.5. The van der Waals surface area contributed by atoms with Gasteiger partial charge >= 0.3 is 17.1 Å². The zero-order valence-corrected chi connectivity index (χ0v) is 23.1. The highest BCUT2D eigenvalue weighted by Gasteiger charge is 2.38. The molecule has 0 fully saturated rings. The molecule has 3 nitrogen and oxygen atoms in total. The maximum atomic E-state index is 6.14. The van der Waals surface area contributed by atoms with Crippen molar-refractivity contribution in [2.24, 2.45) is 0 Å². The largest absolute Gasteiger partial charge is 0.442 e. The van der Waals surface area contributed by atoms with Crippen molar-refractivity contribution in [3.63, 3.8) is 0 Å². The van der Waals surface area contributed by atoms with Gasteiger partial charge in [0.2, 0.25) is 0 Å². The normalized spacial score (nSPS) is 7.20. The molecule has 0 rings (SSSR count). The molecule has 0 saturated heterocycles. The van der Waals surface area contributed by atoms with Crippen LogP contribution in [0.15, 0.2) is 19.7 Å². The predicted octanol–water partition coefficient (Wildman–Crippen LogP) is 11.7. The van der Waals surface area contributed by atoms with Crippen LogP contribution in [0, 0.1) is 0 Å². The van der Waals surface area contributed by atoms with Crippen molar-refractivity contribution in [1.82, 2.24) is 0 Å². The van der Waals surface area contributed by atoms with Gasteiger partial charge in [-0.15, -0.1) is 0 Å². The summed E-state index contributed by atoms with van der Waals surface area (Å²) in [6, 6.07) is 0. The summed E-state index contributed by atoms with van der Waals surface area (Å²) in [6.45, 7) is 26.4. The van der Waals surface area contributed by atoms with E-state index in [2.05, 4.69) is 124 Å². The lowest BCUT2D eigenvalue weighted by molar-refractivity contribution is 0.339. The van der Waals surface area contributed by atoms with Gasteiger partial charge in [0.1, 0.15) is 9.76 Å². The van der Waals surface area contributed by atoms with Gasteiger partial charge in [-0.05, 0) is 102 Å². The molecule has 0 aliphatic heterocycles. The smallest absolute Gasteiger partial charge is 0.312 e. The highest BCUT2D eigenvalue weighted by molar-refractivity contribution is 7.78. The van der Waals surface area contributed by atoms with Gasteiger partial charge in [-0.25, -0.2) is 0 Å². The minimum atomic E-state index is -1.99. The summed E-state index contributed by atoms with van der Waals surface area (Å²) >= 11 is 12.1. The number of hydrogen-bond donors (Lipinski definition) is 0. The Labute approximate surface area is 251 Å². The highest BCUT2D eigenvalue weighted by Crippen LogP contribution is 2.20. The monoisotopic (exact) mass is 632 g/mol. The third-order valence-electron chi connectivity index (χ3n) is 1.54. The van der Waals surface area contributed by atoms with Gasteiger partial charge in [0, 0.05) is 0 Å². The molecule has 0 saturated carbocycles. The summed E-state index contributed by atoms with van der Waals surface area (Å²) < 4.78 is 18.1. The molecule has 0 aromatic rings.